The van der Waals surface area contributed by atoms with Crippen LogP contribution in [-0.2, 0) is 19.6 Å². The molecule has 2 aromatic rings. The molecule has 1 amide bonds. The predicted octanol–water partition coefficient (Wildman–Crippen LogP) is 1.94. The van der Waals surface area contributed by atoms with E-state index in [4.69, 9.17) is 9.47 Å². The van der Waals surface area contributed by atoms with Crippen molar-refractivity contribution in [2.75, 3.05) is 65.6 Å². The van der Waals surface area contributed by atoms with E-state index in [0.29, 0.717) is 45.1 Å². The summed E-state index contributed by atoms with van der Waals surface area (Å²) in [6, 6.07) is 16.4. The van der Waals surface area contributed by atoms with Crippen LogP contribution in [0.5, 0.6) is 5.75 Å². The average Bonchev–Trinajstić information content (AvgIpc) is 2.89. The summed E-state index contributed by atoms with van der Waals surface area (Å²) in [5, 5.41) is 0. The molecule has 0 bridgehead atoms. The van der Waals surface area contributed by atoms with E-state index < -0.39 is 10.0 Å². The Hall–Kier alpha value is -2.72. The molecule has 4 rings (SSSR count). The highest BCUT2D eigenvalue weighted by Crippen LogP contribution is 2.20. The SMILES string of the molecule is O=C(COc1ccc(S(=O)(=O)N2CCOCC2)cc1)N1CCN(C/C=C/c2ccccc2)CC1. The van der Waals surface area contributed by atoms with Gasteiger partial charge < -0.3 is 14.4 Å². The Morgan fingerprint density at radius 1 is 0.912 bits per heavy atom. The molecule has 0 atom stereocenters. The first-order valence-corrected chi connectivity index (χ1v) is 13.0. The molecular formula is C25H31N3O5S. The van der Waals surface area contributed by atoms with Crippen molar-refractivity contribution >= 4 is 22.0 Å². The Morgan fingerprint density at radius 2 is 1.59 bits per heavy atom. The Morgan fingerprint density at radius 3 is 2.26 bits per heavy atom. The number of hydrogen-bond acceptors (Lipinski definition) is 6. The molecule has 2 aliphatic heterocycles. The van der Waals surface area contributed by atoms with Crippen LogP contribution in [0.15, 0.2) is 65.6 Å². The summed E-state index contributed by atoms with van der Waals surface area (Å²) >= 11 is 0. The van der Waals surface area contributed by atoms with Crippen molar-refractivity contribution in [3.63, 3.8) is 0 Å². The number of carbonyl (C=O) groups is 1. The summed E-state index contributed by atoms with van der Waals surface area (Å²) in [7, 11) is -3.54. The highest BCUT2D eigenvalue weighted by atomic mass is 32.2. The van der Waals surface area contributed by atoms with E-state index in [1.54, 1.807) is 12.1 Å². The standard InChI is InChI=1S/C25H31N3O5S/c29-25(27-15-13-26(14-16-27)12-4-7-22-5-2-1-3-6-22)21-33-23-8-10-24(11-9-23)34(30,31)28-17-19-32-20-18-28/h1-11H,12-21H2/b7-4+. The monoisotopic (exact) mass is 485 g/mol. The molecule has 8 nitrogen and oxygen atoms in total. The zero-order valence-corrected chi connectivity index (χ0v) is 20.0. The van der Waals surface area contributed by atoms with Gasteiger partial charge in [0.05, 0.1) is 18.1 Å². The molecular weight excluding hydrogens is 454 g/mol. The molecule has 2 fully saturated rings. The maximum Gasteiger partial charge on any atom is 0.260 e. The molecule has 0 aromatic heterocycles. The van der Waals surface area contributed by atoms with Gasteiger partial charge in [0.15, 0.2) is 6.61 Å². The zero-order chi connectivity index (χ0) is 23.8. The number of carbonyl (C=O) groups excluding carboxylic acids is 1. The highest BCUT2D eigenvalue weighted by molar-refractivity contribution is 7.89. The topological polar surface area (TPSA) is 79.4 Å². The number of amides is 1. The minimum atomic E-state index is -3.54. The molecule has 0 aliphatic carbocycles. The van der Waals surface area contributed by atoms with Crippen LogP contribution in [0.25, 0.3) is 6.08 Å². The lowest BCUT2D eigenvalue weighted by Gasteiger charge is -2.34. The number of ether oxygens (including phenoxy) is 2. The number of benzene rings is 2. The van der Waals surface area contributed by atoms with Crippen LogP contribution in [0.4, 0.5) is 0 Å². The van der Waals surface area contributed by atoms with Crippen LogP contribution in [0, 0.1) is 0 Å². The van der Waals surface area contributed by atoms with Crippen LogP contribution in [0.3, 0.4) is 0 Å². The first kappa shape index (κ1) is 24.4. The zero-order valence-electron chi connectivity index (χ0n) is 19.2. The second-order valence-electron chi connectivity index (χ2n) is 8.27. The van der Waals surface area contributed by atoms with Crippen molar-refractivity contribution in [3.8, 4) is 5.75 Å². The third kappa shape index (κ3) is 6.44. The van der Waals surface area contributed by atoms with Gasteiger partial charge in [-0.25, -0.2) is 8.42 Å². The van der Waals surface area contributed by atoms with Crippen LogP contribution < -0.4 is 4.74 Å². The molecule has 34 heavy (non-hydrogen) atoms. The molecule has 0 radical (unpaired) electrons. The van der Waals surface area contributed by atoms with Crippen molar-refractivity contribution in [2.45, 2.75) is 4.90 Å². The van der Waals surface area contributed by atoms with Gasteiger partial charge in [-0.3, -0.25) is 9.69 Å². The minimum absolute atomic E-state index is 0.0653. The van der Waals surface area contributed by atoms with Gasteiger partial charge in [0, 0.05) is 45.8 Å². The third-order valence-electron chi connectivity index (χ3n) is 5.99. The van der Waals surface area contributed by atoms with Crippen LogP contribution in [0.1, 0.15) is 5.56 Å². The Labute approximate surface area is 201 Å². The number of nitrogens with zero attached hydrogens (tertiary/aromatic N) is 3. The smallest absolute Gasteiger partial charge is 0.260 e. The number of morpholine rings is 1. The molecule has 182 valence electrons. The maximum atomic E-state index is 12.7. The van der Waals surface area contributed by atoms with E-state index in [2.05, 4.69) is 29.2 Å². The Bertz CT molecular complexity index is 1060. The van der Waals surface area contributed by atoms with E-state index in [1.165, 1.54) is 22.0 Å². The van der Waals surface area contributed by atoms with Crippen LogP contribution in [-0.4, -0.2) is 94.1 Å². The summed E-state index contributed by atoms with van der Waals surface area (Å²) < 4.78 is 37.7. The fraction of sp³-hybridized carbons (Fsp3) is 0.400. The van der Waals surface area contributed by atoms with Crippen LogP contribution in [0.2, 0.25) is 0 Å². The predicted molar refractivity (Wildman–Crippen MR) is 130 cm³/mol. The molecule has 2 aliphatic rings. The number of piperazine rings is 1. The second kappa shape index (κ2) is 11.6. The summed E-state index contributed by atoms with van der Waals surface area (Å²) in [4.78, 5) is 16.9. The lowest BCUT2D eigenvalue weighted by molar-refractivity contribution is -0.135. The maximum absolute atomic E-state index is 12.7. The molecule has 2 aromatic carbocycles. The molecule has 2 heterocycles. The van der Waals surface area contributed by atoms with Crippen molar-refractivity contribution in [1.82, 2.24) is 14.1 Å². The van der Waals surface area contributed by atoms with E-state index >= 15 is 0 Å². The number of sulfonamides is 1. The van der Waals surface area contributed by atoms with Crippen molar-refractivity contribution < 1.29 is 22.7 Å². The lowest BCUT2D eigenvalue weighted by Crippen LogP contribution is -2.49. The Kier molecular flexibility index (Phi) is 8.34. The van der Waals surface area contributed by atoms with Crippen molar-refractivity contribution in [2.24, 2.45) is 0 Å². The Balaban J connectivity index is 1.20. The fourth-order valence-electron chi connectivity index (χ4n) is 3.96. The molecule has 9 heteroatoms. The van der Waals surface area contributed by atoms with E-state index in [9.17, 15) is 13.2 Å². The molecule has 0 unspecified atom stereocenters. The van der Waals surface area contributed by atoms with Gasteiger partial charge in [0.25, 0.3) is 5.91 Å². The third-order valence-corrected chi connectivity index (χ3v) is 7.91. The average molecular weight is 486 g/mol. The van der Waals surface area contributed by atoms with Gasteiger partial charge in [-0.2, -0.15) is 4.31 Å². The van der Waals surface area contributed by atoms with Crippen molar-refractivity contribution in [1.29, 1.82) is 0 Å². The summed E-state index contributed by atoms with van der Waals surface area (Å²) in [5.41, 5.74) is 1.18. The fourth-order valence-corrected chi connectivity index (χ4v) is 5.37. The molecule has 2 saturated heterocycles. The lowest BCUT2D eigenvalue weighted by atomic mass is 10.2. The van der Waals surface area contributed by atoms with Gasteiger partial charge in [0.1, 0.15) is 5.75 Å². The van der Waals surface area contributed by atoms with Gasteiger partial charge >= 0.3 is 0 Å². The number of rotatable bonds is 8. The van der Waals surface area contributed by atoms with E-state index in [1.807, 2.05) is 23.1 Å². The number of hydrogen-bond donors (Lipinski definition) is 0. The van der Waals surface area contributed by atoms with Gasteiger partial charge in [-0.1, -0.05) is 42.5 Å². The van der Waals surface area contributed by atoms with E-state index in [0.717, 1.165) is 19.6 Å². The summed E-state index contributed by atoms with van der Waals surface area (Å²) in [5.74, 6) is 0.406. The van der Waals surface area contributed by atoms with E-state index in [-0.39, 0.29) is 17.4 Å². The first-order valence-electron chi connectivity index (χ1n) is 11.5. The minimum Gasteiger partial charge on any atom is -0.484 e. The first-order chi connectivity index (χ1) is 16.5. The quantitative estimate of drug-likeness (QED) is 0.569. The van der Waals surface area contributed by atoms with Gasteiger partial charge in [-0.05, 0) is 29.8 Å². The summed E-state index contributed by atoms with van der Waals surface area (Å²) in [6.07, 6.45) is 4.27. The van der Waals surface area contributed by atoms with Crippen molar-refractivity contribution in [3.05, 3.63) is 66.2 Å². The molecule has 0 N–H and O–H groups in total. The summed E-state index contributed by atoms with van der Waals surface area (Å²) in [6.45, 7) is 5.27. The van der Waals surface area contributed by atoms with Gasteiger partial charge in [-0.15, -0.1) is 0 Å². The van der Waals surface area contributed by atoms with Gasteiger partial charge in [0.2, 0.25) is 10.0 Å². The molecule has 0 saturated carbocycles. The highest BCUT2D eigenvalue weighted by Gasteiger charge is 2.26. The largest absolute Gasteiger partial charge is 0.484 e. The second-order valence-corrected chi connectivity index (χ2v) is 10.2. The molecule has 0 spiro atoms. The van der Waals surface area contributed by atoms with Crippen LogP contribution >= 0.6 is 0 Å². The normalized spacial score (nSPS) is 18.3.